The number of carbonyl (C=O) groups is 1. The second-order valence-electron chi connectivity index (χ2n) is 10.5. The number of halogens is 5. The SMILES string of the molecule is C#C.C=C(C)CC(/C=C(\C)Cn1cc(CCCc2ccc(OC(C)(C)C(=O)O)cc2)n(CCC)c1=O)C(F)F.FC(F)F. The van der Waals surface area contributed by atoms with Crippen molar-refractivity contribution in [1.29, 1.82) is 0 Å². The zero-order valence-electron chi connectivity index (χ0n) is 25.5. The topological polar surface area (TPSA) is 73.5 Å². The molecular weight excluding hydrogens is 571 g/mol. The summed E-state index contributed by atoms with van der Waals surface area (Å²) in [7, 11) is 0. The first-order chi connectivity index (χ1) is 20.1. The van der Waals surface area contributed by atoms with Gasteiger partial charge in [0.25, 0.3) is 0 Å². The maximum absolute atomic E-state index is 13.4. The molecule has 11 heteroatoms. The van der Waals surface area contributed by atoms with E-state index >= 15 is 0 Å². The van der Waals surface area contributed by atoms with Crippen molar-refractivity contribution in [3.05, 3.63) is 76.0 Å². The summed E-state index contributed by atoms with van der Waals surface area (Å²) in [4.78, 5) is 24.3. The van der Waals surface area contributed by atoms with Crippen LogP contribution in [0.3, 0.4) is 0 Å². The van der Waals surface area contributed by atoms with Gasteiger partial charge in [0, 0.05) is 30.9 Å². The number of rotatable bonds is 15. The molecule has 43 heavy (non-hydrogen) atoms. The highest BCUT2D eigenvalue weighted by Crippen LogP contribution is 2.22. The number of aromatic nitrogens is 2. The Morgan fingerprint density at radius 3 is 2.12 bits per heavy atom. The van der Waals surface area contributed by atoms with Crippen molar-refractivity contribution in [1.82, 2.24) is 9.13 Å². The minimum atomic E-state index is -3.67. The molecular formula is C32H43F5N2O4. The number of nitrogens with zero attached hydrogens (tertiary/aromatic N) is 2. The number of hydrogen-bond acceptors (Lipinski definition) is 3. The minimum Gasteiger partial charge on any atom is -0.478 e. The van der Waals surface area contributed by atoms with Gasteiger partial charge in [0.15, 0.2) is 5.60 Å². The molecule has 0 aliphatic heterocycles. The third-order valence-corrected chi connectivity index (χ3v) is 6.11. The van der Waals surface area contributed by atoms with E-state index in [4.69, 9.17) is 4.74 Å². The molecule has 0 amide bonds. The molecule has 0 aliphatic carbocycles. The number of hydrogen-bond donors (Lipinski definition) is 1. The molecule has 0 radical (unpaired) electrons. The second-order valence-corrected chi connectivity index (χ2v) is 10.5. The molecule has 1 unspecified atom stereocenters. The lowest BCUT2D eigenvalue weighted by Crippen LogP contribution is -2.37. The van der Waals surface area contributed by atoms with Crippen LogP contribution in [0, 0.1) is 18.8 Å². The Morgan fingerprint density at radius 2 is 1.65 bits per heavy atom. The Balaban J connectivity index is 0.00000270. The first-order valence-electron chi connectivity index (χ1n) is 13.7. The number of carboxylic acid groups (broad SMARTS) is 1. The van der Waals surface area contributed by atoms with E-state index in [1.807, 2.05) is 25.3 Å². The summed E-state index contributed by atoms with van der Waals surface area (Å²) in [5.74, 6) is -1.45. The highest BCUT2D eigenvalue weighted by molar-refractivity contribution is 5.76. The van der Waals surface area contributed by atoms with E-state index in [0.717, 1.165) is 36.1 Å². The lowest BCUT2D eigenvalue weighted by Gasteiger charge is -2.21. The molecule has 0 saturated carbocycles. The summed E-state index contributed by atoms with van der Waals surface area (Å²) in [6.45, 7) is 9.49. The monoisotopic (exact) mass is 614 g/mol. The number of benzene rings is 1. The Labute approximate surface area is 250 Å². The number of aliphatic carboxylic acids is 1. The van der Waals surface area contributed by atoms with Gasteiger partial charge in [-0.15, -0.1) is 19.4 Å². The van der Waals surface area contributed by atoms with Gasteiger partial charge in [0.05, 0.1) is 0 Å². The van der Waals surface area contributed by atoms with Crippen molar-refractivity contribution in [2.24, 2.45) is 5.92 Å². The van der Waals surface area contributed by atoms with Gasteiger partial charge in [-0.3, -0.25) is 9.13 Å². The third-order valence-electron chi connectivity index (χ3n) is 6.11. The molecule has 0 bridgehead atoms. The maximum atomic E-state index is 13.4. The van der Waals surface area contributed by atoms with Crippen LogP contribution in [-0.4, -0.2) is 38.9 Å². The fourth-order valence-electron chi connectivity index (χ4n) is 4.20. The quantitative estimate of drug-likeness (QED) is 0.127. The number of aryl methyl sites for hydroxylation is 2. The number of ether oxygens (including phenoxy) is 1. The normalized spacial score (nSPS) is 12.2. The molecule has 2 aromatic rings. The number of carboxylic acids is 1. The van der Waals surface area contributed by atoms with Crippen LogP contribution in [0.4, 0.5) is 22.0 Å². The molecule has 240 valence electrons. The van der Waals surface area contributed by atoms with E-state index in [0.29, 0.717) is 24.3 Å². The summed E-state index contributed by atoms with van der Waals surface area (Å²) in [6.07, 6.45) is 12.3. The Hall–Kier alpha value is -3.81. The second kappa shape index (κ2) is 19.4. The molecule has 1 aromatic carbocycles. The van der Waals surface area contributed by atoms with Crippen molar-refractivity contribution in [3.8, 4) is 18.6 Å². The van der Waals surface area contributed by atoms with Crippen LogP contribution >= 0.6 is 0 Å². The van der Waals surface area contributed by atoms with Crippen LogP contribution in [0.5, 0.6) is 5.75 Å². The number of imidazole rings is 1. The number of alkyl halides is 5. The highest BCUT2D eigenvalue weighted by Gasteiger charge is 2.29. The molecule has 0 fully saturated rings. The van der Waals surface area contributed by atoms with E-state index in [9.17, 15) is 36.6 Å². The lowest BCUT2D eigenvalue weighted by atomic mass is 9.99. The standard InChI is InChI=1S/C29H40F2N2O4.C2H2.CHF3/c1-7-15-33-24(10-8-9-22-11-13-25(14-12-22)37-29(5,6)27(34)35)19-32(28(33)36)18-21(4)17-23(26(30)31)16-20(2)3;1-2;2-1(3)4/h11-14,17,19,23,26H,2,7-10,15-16,18H2,1,3-6H3,(H,34,35);1-2H;1H/b21-17+;;. The van der Waals surface area contributed by atoms with E-state index in [1.165, 1.54) is 13.8 Å². The molecule has 1 atom stereocenters. The average molecular weight is 615 g/mol. The van der Waals surface area contributed by atoms with E-state index in [1.54, 1.807) is 41.2 Å². The molecule has 0 aliphatic rings. The van der Waals surface area contributed by atoms with Crippen LogP contribution < -0.4 is 10.4 Å². The summed E-state index contributed by atoms with van der Waals surface area (Å²) in [6, 6.07) is 7.35. The summed E-state index contributed by atoms with van der Waals surface area (Å²) >= 11 is 0. The van der Waals surface area contributed by atoms with Crippen molar-refractivity contribution >= 4 is 5.97 Å². The van der Waals surface area contributed by atoms with Crippen LogP contribution in [0.2, 0.25) is 0 Å². The average Bonchev–Trinajstić information content (AvgIpc) is 3.19. The van der Waals surface area contributed by atoms with Crippen molar-refractivity contribution < 1.29 is 36.6 Å². The Kier molecular flexibility index (Phi) is 17.7. The van der Waals surface area contributed by atoms with Gasteiger partial charge in [0.1, 0.15) is 5.75 Å². The van der Waals surface area contributed by atoms with Gasteiger partial charge in [-0.25, -0.2) is 18.4 Å². The van der Waals surface area contributed by atoms with Crippen molar-refractivity contribution in [2.75, 3.05) is 0 Å². The number of terminal acetylenes is 1. The molecule has 6 nitrogen and oxygen atoms in total. The van der Waals surface area contributed by atoms with Gasteiger partial charge in [0.2, 0.25) is 6.43 Å². The summed E-state index contributed by atoms with van der Waals surface area (Å²) < 4.78 is 64.8. The molecule has 0 spiro atoms. The Bertz CT molecular complexity index is 1240. The minimum absolute atomic E-state index is 0.124. The molecule has 0 saturated heterocycles. The zero-order valence-corrected chi connectivity index (χ0v) is 25.5. The van der Waals surface area contributed by atoms with Gasteiger partial charge in [-0.2, -0.15) is 13.2 Å². The highest BCUT2D eigenvalue weighted by atomic mass is 19.4. The fourth-order valence-corrected chi connectivity index (χ4v) is 4.20. The van der Waals surface area contributed by atoms with E-state index in [2.05, 4.69) is 19.4 Å². The smallest absolute Gasteiger partial charge is 0.379 e. The maximum Gasteiger partial charge on any atom is 0.379 e. The predicted octanol–water partition coefficient (Wildman–Crippen LogP) is 7.70. The van der Waals surface area contributed by atoms with Crippen LogP contribution in [0.25, 0.3) is 0 Å². The van der Waals surface area contributed by atoms with E-state index < -0.39 is 30.6 Å². The van der Waals surface area contributed by atoms with Crippen molar-refractivity contribution in [2.45, 2.75) is 98.5 Å². The Morgan fingerprint density at radius 1 is 1.09 bits per heavy atom. The summed E-state index contributed by atoms with van der Waals surface area (Å²) in [5.41, 5.74) is 2.00. The van der Waals surface area contributed by atoms with E-state index in [-0.39, 0.29) is 18.7 Å². The third kappa shape index (κ3) is 14.8. The summed E-state index contributed by atoms with van der Waals surface area (Å²) in [5, 5.41) is 9.22. The van der Waals surface area contributed by atoms with Crippen LogP contribution in [-0.2, 0) is 30.7 Å². The van der Waals surface area contributed by atoms with Crippen LogP contribution in [0.1, 0.15) is 65.1 Å². The molecule has 1 N–H and O–H groups in total. The fraction of sp³-hybridized carbons (Fsp3) is 0.500. The van der Waals surface area contributed by atoms with Gasteiger partial charge >= 0.3 is 18.3 Å². The first-order valence-corrected chi connectivity index (χ1v) is 13.7. The van der Waals surface area contributed by atoms with Gasteiger partial charge in [-0.05, 0) is 77.5 Å². The van der Waals surface area contributed by atoms with Gasteiger partial charge < -0.3 is 9.84 Å². The number of allylic oxidation sites excluding steroid dienone is 3. The predicted molar refractivity (Wildman–Crippen MR) is 159 cm³/mol. The lowest BCUT2D eigenvalue weighted by molar-refractivity contribution is -0.152. The first kappa shape index (κ1) is 39.2. The molecule has 1 heterocycles. The largest absolute Gasteiger partial charge is 0.478 e. The zero-order chi connectivity index (χ0) is 33.3. The molecule has 2 rings (SSSR count). The van der Waals surface area contributed by atoms with Crippen LogP contribution in [0.15, 0.2) is 59.1 Å². The van der Waals surface area contributed by atoms with Gasteiger partial charge in [-0.1, -0.05) is 36.3 Å². The molecule has 1 aromatic heterocycles. The van der Waals surface area contributed by atoms with Crippen molar-refractivity contribution in [3.63, 3.8) is 0 Å².